The van der Waals surface area contributed by atoms with Crippen molar-refractivity contribution in [1.29, 1.82) is 0 Å². The molecule has 7 N–H and O–H groups in total. The summed E-state index contributed by atoms with van der Waals surface area (Å²) in [6, 6.07) is 1.60. The number of hydrogen-bond acceptors (Lipinski definition) is 9. The summed E-state index contributed by atoms with van der Waals surface area (Å²) in [5.41, 5.74) is 2.41. The van der Waals surface area contributed by atoms with Gasteiger partial charge in [0.1, 0.15) is 29.7 Å². The first kappa shape index (κ1) is 22.0. The lowest BCUT2D eigenvalue weighted by molar-refractivity contribution is -0.170. The lowest BCUT2D eigenvalue weighted by atomic mass is 9.56. The number of carbonyl (C=O) groups excluding carboxylic acids is 3. The zero-order chi connectivity index (χ0) is 23.7. The van der Waals surface area contributed by atoms with Crippen molar-refractivity contribution in [3.63, 3.8) is 0 Å². The molecule has 4 rings (SSSR count). The maximum Gasteiger partial charge on any atom is 0.250 e. The summed E-state index contributed by atoms with van der Waals surface area (Å²) < 4.78 is 0. The molecule has 3 aliphatic carbocycles. The number of hydrogen-bond donors (Lipinski definition) is 6. The predicted octanol–water partition coefficient (Wildman–Crippen LogP) is -0.432. The normalized spacial score (nSPS) is 31.8. The molecule has 5 atom stereocenters. The van der Waals surface area contributed by atoms with Crippen LogP contribution in [0.15, 0.2) is 29.0 Å². The van der Waals surface area contributed by atoms with Gasteiger partial charge >= 0.3 is 0 Å². The molecule has 10 heteroatoms. The molecule has 1 aromatic carbocycles. The van der Waals surface area contributed by atoms with Crippen molar-refractivity contribution in [2.24, 2.45) is 17.6 Å². The Morgan fingerprint density at radius 3 is 2.47 bits per heavy atom. The quantitative estimate of drug-likeness (QED) is 0.337. The van der Waals surface area contributed by atoms with Crippen LogP contribution in [0.3, 0.4) is 0 Å². The number of aliphatic hydroxyl groups is 4. The zero-order valence-corrected chi connectivity index (χ0v) is 17.4. The molecular weight excluding hydrogens is 420 g/mol. The number of phenols is 1. The van der Waals surface area contributed by atoms with E-state index in [1.165, 1.54) is 17.0 Å². The Balaban J connectivity index is 1.97. The fourth-order valence-electron chi connectivity index (χ4n) is 5.56. The van der Waals surface area contributed by atoms with E-state index in [0.717, 1.165) is 0 Å². The molecule has 0 aromatic heterocycles. The number of rotatable bonds is 3. The number of aliphatic hydroxyl groups excluding tert-OH is 3. The van der Waals surface area contributed by atoms with Gasteiger partial charge in [-0.15, -0.1) is 0 Å². The topological polar surface area (TPSA) is 182 Å². The SMILES string of the molecule is CN(C)[C@@H]1C(O)=C(C(N)=O)C(O)[C@@]2(O)C(=O)C3=C(O)c4c(O)ccc(C=O)c4C[C@H]3C[C@@H]12. The number of fused-ring (bicyclic) bond motifs is 3. The number of likely N-dealkylation sites (N-methyl/N-ethyl adjacent to an activating group) is 1. The molecular formula is C22H24N2O8. The maximum atomic E-state index is 13.6. The van der Waals surface area contributed by atoms with Crippen molar-refractivity contribution in [2.75, 3.05) is 14.1 Å². The van der Waals surface area contributed by atoms with E-state index in [2.05, 4.69) is 0 Å². The molecule has 0 bridgehead atoms. The van der Waals surface area contributed by atoms with Gasteiger partial charge in [-0.05, 0) is 50.6 Å². The molecule has 1 unspecified atom stereocenters. The molecule has 32 heavy (non-hydrogen) atoms. The number of primary amides is 1. The van der Waals surface area contributed by atoms with Crippen LogP contribution >= 0.6 is 0 Å². The summed E-state index contributed by atoms with van der Waals surface area (Å²) in [5.74, 6) is -5.41. The Bertz CT molecular complexity index is 1120. The molecule has 1 fully saturated rings. The summed E-state index contributed by atoms with van der Waals surface area (Å²) in [7, 11) is 3.15. The number of carbonyl (C=O) groups is 3. The van der Waals surface area contributed by atoms with Gasteiger partial charge in [-0.2, -0.15) is 0 Å². The number of benzene rings is 1. The van der Waals surface area contributed by atoms with Gasteiger partial charge in [0.05, 0.1) is 17.2 Å². The van der Waals surface area contributed by atoms with Crippen LogP contribution in [-0.2, 0) is 16.0 Å². The van der Waals surface area contributed by atoms with Crippen LogP contribution in [0.25, 0.3) is 5.76 Å². The Hall–Kier alpha value is -3.21. The average molecular weight is 444 g/mol. The lowest BCUT2D eigenvalue weighted by Crippen LogP contribution is -2.68. The third-order valence-electron chi connectivity index (χ3n) is 6.97. The first-order chi connectivity index (χ1) is 15.0. The van der Waals surface area contributed by atoms with E-state index in [1.807, 2.05) is 0 Å². The molecule has 3 aliphatic rings. The van der Waals surface area contributed by atoms with Gasteiger partial charge in [0.25, 0.3) is 5.91 Å². The minimum Gasteiger partial charge on any atom is -0.510 e. The number of phenolic OH excluding ortho intramolecular Hbond substituents is 1. The molecule has 0 spiro atoms. The third kappa shape index (κ3) is 2.66. The molecule has 170 valence electrons. The highest BCUT2D eigenvalue weighted by Crippen LogP contribution is 2.53. The molecule has 0 aliphatic heterocycles. The van der Waals surface area contributed by atoms with E-state index < -0.39 is 58.4 Å². The highest BCUT2D eigenvalue weighted by atomic mass is 16.4. The summed E-state index contributed by atoms with van der Waals surface area (Å²) in [6.45, 7) is 0. The standard InChI is InChI=1S/C22H24N2O8/c1-24(2)16-11-6-9-5-10-8(7-25)3-4-12(26)14(10)17(27)13(9)19(29)22(11,32)20(30)15(18(16)28)21(23)31/h3-4,7,9,11,16,20,26-28,30,32H,5-6H2,1-2H3,(H2,23,31)/t9-,11-,16-,20?,22-/m0/s1. The van der Waals surface area contributed by atoms with E-state index in [1.54, 1.807) is 14.1 Å². The van der Waals surface area contributed by atoms with E-state index in [4.69, 9.17) is 5.73 Å². The molecule has 10 nitrogen and oxygen atoms in total. The van der Waals surface area contributed by atoms with Crippen LogP contribution in [-0.4, -0.2) is 80.3 Å². The van der Waals surface area contributed by atoms with Gasteiger partial charge in [0.15, 0.2) is 11.4 Å². The van der Waals surface area contributed by atoms with Crippen LogP contribution in [0, 0.1) is 11.8 Å². The highest BCUT2D eigenvalue weighted by molar-refractivity contribution is 6.11. The van der Waals surface area contributed by atoms with E-state index in [-0.39, 0.29) is 35.3 Å². The molecule has 0 heterocycles. The van der Waals surface area contributed by atoms with Gasteiger partial charge in [-0.1, -0.05) is 0 Å². The van der Waals surface area contributed by atoms with Crippen molar-refractivity contribution in [2.45, 2.75) is 30.6 Å². The Labute approximate surface area is 182 Å². The predicted molar refractivity (Wildman–Crippen MR) is 111 cm³/mol. The molecule has 1 amide bonds. The second-order valence-corrected chi connectivity index (χ2v) is 8.78. The molecule has 0 radical (unpaired) electrons. The van der Waals surface area contributed by atoms with Crippen molar-refractivity contribution in [1.82, 2.24) is 4.90 Å². The number of amides is 1. The largest absolute Gasteiger partial charge is 0.510 e. The van der Waals surface area contributed by atoms with E-state index in [9.17, 15) is 39.9 Å². The third-order valence-corrected chi connectivity index (χ3v) is 6.97. The zero-order valence-electron chi connectivity index (χ0n) is 17.4. The molecule has 0 saturated heterocycles. The molecule has 1 saturated carbocycles. The molecule has 1 aromatic rings. The van der Waals surface area contributed by atoms with Crippen molar-refractivity contribution < 1.29 is 39.9 Å². The van der Waals surface area contributed by atoms with Crippen LogP contribution < -0.4 is 5.73 Å². The van der Waals surface area contributed by atoms with E-state index >= 15 is 0 Å². The monoisotopic (exact) mass is 444 g/mol. The van der Waals surface area contributed by atoms with Gasteiger partial charge in [-0.3, -0.25) is 19.3 Å². The van der Waals surface area contributed by atoms with Crippen molar-refractivity contribution in [3.05, 3.63) is 45.7 Å². The minimum atomic E-state index is -2.55. The number of ketones is 1. The maximum absolute atomic E-state index is 13.6. The number of aromatic hydroxyl groups is 1. The van der Waals surface area contributed by atoms with Crippen LogP contribution in [0.5, 0.6) is 5.75 Å². The van der Waals surface area contributed by atoms with Crippen LogP contribution in [0.1, 0.15) is 27.9 Å². The van der Waals surface area contributed by atoms with Gasteiger partial charge < -0.3 is 31.3 Å². The number of nitrogens with zero attached hydrogens (tertiary/aromatic N) is 1. The van der Waals surface area contributed by atoms with Crippen molar-refractivity contribution >= 4 is 23.7 Å². The minimum absolute atomic E-state index is 0.0328. The first-order valence-electron chi connectivity index (χ1n) is 10.0. The Morgan fingerprint density at radius 2 is 1.91 bits per heavy atom. The van der Waals surface area contributed by atoms with Gasteiger partial charge in [0.2, 0.25) is 0 Å². The summed E-state index contributed by atoms with van der Waals surface area (Å²) in [5, 5.41) is 54.3. The lowest BCUT2D eigenvalue weighted by Gasteiger charge is -2.53. The fourth-order valence-corrected chi connectivity index (χ4v) is 5.56. The Kier molecular flexibility index (Phi) is 4.92. The second-order valence-electron chi connectivity index (χ2n) is 8.78. The van der Waals surface area contributed by atoms with Crippen molar-refractivity contribution in [3.8, 4) is 5.75 Å². The summed E-state index contributed by atoms with van der Waals surface area (Å²) >= 11 is 0. The fraction of sp³-hybridized carbons (Fsp3) is 0.409. The number of nitrogens with two attached hydrogens (primary N) is 1. The second kappa shape index (κ2) is 7.16. The number of Topliss-reactive ketones (excluding diaryl/α,β-unsaturated/α-hetero) is 1. The first-order valence-corrected chi connectivity index (χ1v) is 10.0. The summed E-state index contributed by atoms with van der Waals surface area (Å²) in [4.78, 5) is 38.6. The van der Waals surface area contributed by atoms with Gasteiger partial charge in [0, 0.05) is 17.1 Å². The Morgan fingerprint density at radius 1 is 1.25 bits per heavy atom. The van der Waals surface area contributed by atoms with Gasteiger partial charge in [-0.25, -0.2) is 0 Å². The van der Waals surface area contributed by atoms with Crippen LogP contribution in [0.4, 0.5) is 0 Å². The number of aldehydes is 1. The average Bonchev–Trinajstić information content (AvgIpc) is 2.70. The van der Waals surface area contributed by atoms with Crippen LogP contribution in [0.2, 0.25) is 0 Å². The van der Waals surface area contributed by atoms with E-state index in [0.29, 0.717) is 11.8 Å². The summed E-state index contributed by atoms with van der Waals surface area (Å²) in [6.07, 6.45) is -1.39. The highest BCUT2D eigenvalue weighted by Gasteiger charge is 2.64. The smallest absolute Gasteiger partial charge is 0.250 e.